The van der Waals surface area contributed by atoms with Gasteiger partial charge in [0.15, 0.2) is 0 Å². The van der Waals surface area contributed by atoms with Crippen molar-refractivity contribution in [1.29, 1.82) is 0 Å². The average Bonchev–Trinajstić information content (AvgIpc) is 2.72. The van der Waals surface area contributed by atoms with E-state index in [9.17, 15) is 0 Å². The molecule has 0 radical (unpaired) electrons. The third-order valence-corrected chi connectivity index (χ3v) is 2.46. The molecule has 1 aliphatic rings. The first-order valence-corrected chi connectivity index (χ1v) is 4.99. The zero-order valence-corrected chi connectivity index (χ0v) is 9.19. The van der Waals surface area contributed by atoms with Gasteiger partial charge in [-0.15, -0.1) is 0 Å². The van der Waals surface area contributed by atoms with E-state index >= 15 is 0 Å². The number of ether oxygens (including phenoxy) is 1. The Kier molecular flexibility index (Phi) is 4.61. The van der Waals surface area contributed by atoms with Crippen molar-refractivity contribution in [3.05, 3.63) is 47.0 Å². The van der Waals surface area contributed by atoms with Crippen LogP contribution in [0.4, 0.5) is 0 Å². The highest BCUT2D eigenvalue weighted by atomic mass is 16.5. The van der Waals surface area contributed by atoms with Crippen molar-refractivity contribution in [3.63, 3.8) is 0 Å². The van der Waals surface area contributed by atoms with Crippen molar-refractivity contribution in [2.24, 2.45) is 0 Å². The van der Waals surface area contributed by atoms with Gasteiger partial charge in [-0.1, -0.05) is 35.9 Å². The van der Waals surface area contributed by atoms with Gasteiger partial charge in [0.1, 0.15) is 0 Å². The molecule has 0 spiro atoms. The lowest BCUT2D eigenvalue weighted by Gasteiger charge is -1.92. The van der Waals surface area contributed by atoms with E-state index in [1.165, 1.54) is 31.1 Å². The quantitative estimate of drug-likeness (QED) is 0.519. The smallest absolute Gasteiger partial charge is 0.292 e. The van der Waals surface area contributed by atoms with Crippen LogP contribution in [0.3, 0.4) is 0 Å². The van der Waals surface area contributed by atoms with Crippen molar-refractivity contribution in [2.45, 2.75) is 19.8 Å². The summed E-state index contributed by atoms with van der Waals surface area (Å²) in [6.45, 7) is 2.50. The number of carbonyl (C=O) groups is 1. The normalized spacial score (nSPS) is 12.3. The topological polar surface area (TPSA) is 26.3 Å². The number of rotatable bonds is 1. The molecule has 1 aliphatic carbocycles. The van der Waals surface area contributed by atoms with E-state index in [0.717, 1.165) is 0 Å². The molecule has 2 nitrogen and oxygen atoms in total. The van der Waals surface area contributed by atoms with Gasteiger partial charge in [-0.25, -0.2) is 0 Å². The number of carbonyl (C=O) groups excluding carboxylic acids is 1. The van der Waals surface area contributed by atoms with Gasteiger partial charge in [-0.2, -0.15) is 0 Å². The van der Waals surface area contributed by atoms with Crippen LogP contribution in [0.15, 0.2) is 35.9 Å². The van der Waals surface area contributed by atoms with E-state index in [1.807, 2.05) is 0 Å². The highest BCUT2D eigenvalue weighted by Crippen LogP contribution is 2.25. The van der Waals surface area contributed by atoms with E-state index in [0.29, 0.717) is 6.47 Å². The predicted octanol–water partition coefficient (Wildman–Crippen LogP) is 2.52. The fourth-order valence-electron chi connectivity index (χ4n) is 1.66. The van der Waals surface area contributed by atoms with Gasteiger partial charge in [-0.3, -0.25) is 4.79 Å². The number of allylic oxidation sites excluding steroid dienone is 2. The summed E-state index contributed by atoms with van der Waals surface area (Å²) in [5, 5.41) is 0. The number of fused-ring (bicyclic) bond motifs is 1. The van der Waals surface area contributed by atoms with Crippen LogP contribution >= 0.6 is 0 Å². The van der Waals surface area contributed by atoms with Crippen molar-refractivity contribution in [3.8, 4) is 0 Å². The Morgan fingerprint density at radius 1 is 1.20 bits per heavy atom. The number of hydrogen-bond acceptors (Lipinski definition) is 2. The van der Waals surface area contributed by atoms with E-state index in [2.05, 4.69) is 42.0 Å². The average molecular weight is 204 g/mol. The van der Waals surface area contributed by atoms with Crippen LogP contribution in [0, 0.1) is 0 Å². The molecule has 0 saturated heterocycles. The molecule has 0 amide bonds. The van der Waals surface area contributed by atoms with E-state index in [4.69, 9.17) is 4.79 Å². The number of benzene rings is 1. The summed E-state index contributed by atoms with van der Waals surface area (Å²) in [5.41, 5.74) is 4.59. The van der Waals surface area contributed by atoms with Gasteiger partial charge < -0.3 is 4.74 Å². The lowest BCUT2D eigenvalue weighted by Crippen LogP contribution is -1.77. The van der Waals surface area contributed by atoms with Crippen LogP contribution in [0.25, 0.3) is 0 Å². The van der Waals surface area contributed by atoms with Gasteiger partial charge in [0.2, 0.25) is 0 Å². The Morgan fingerprint density at radius 3 is 2.00 bits per heavy atom. The van der Waals surface area contributed by atoms with Crippen LogP contribution < -0.4 is 0 Å². The molecular formula is C13H16O2. The highest BCUT2D eigenvalue weighted by Gasteiger charge is 2.12. The van der Waals surface area contributed by atoms with Gasteiger partial charge in [0, 0.05) is 0 Å². The summed E-state index contributed by atoms with van der Waals surface area (Å²) in [5.74, 6) is 0. The zero-order valence-electron chi connectivity index (χ0n) is 9.19. The van der Waals surface area contributed by atoms with Crippen LogP contribution in [0.1, 0.15) is 18.1 Å². The monoisotopic (exact) mass is 204 g/mol. The summed E-state index contributed by atoms with van der Waals surface area (Å²) in [4.78, 5) is 8.95. The summed E-state index contributed by atoms with van der Waals surface area (Å²) >= 11 is 0. The van der Waals surface area contributed by atoms with Crippen LogP contribution in [-0.2, 0) is 22.4 Å². The maximum atomic E-state index is 8.95. The van der Waals surface area contributed by atoms with Crippen molar-refractivity contribution >= 4 is 6.47 Å². The molecular weight excluding hydrogens is 188 g/mol. The standard InChI is InChI=1S/C11H12.C2H4O2/c1-2-9-7-10-5-3-4-6-11(10)8-9;1-4-2-3/h2-6H,7-8H2,1H3;2H,1H3. The number of hydrogen-bond donors (Lipinski definition) is 0. The molecule has 0 bridgehead atoms. The van der Waals surface area contributed by atoms with Crippen molar-refractivity contribution in [2.75, 3.05) is 7.11 Å². The van der Waals surface area contributed by atoms with Crippen LogP contribution in [0.2, 0.25) is 0 Å². The second kappa shape index (κ2) is 6.02. The minimum atomic E-state index is 0.375. The Balaban J connectivity index is 0.000000245. The molecule has 0 aliphatic heterocycles. The molecule has 2 heteroatoms. The Labute approximate surface area is 90.6 Å². The summed E-state index contributed by atoms with van der Waals surface area (Å²) < 4.78 is 3.86. The minimum Gasteiger partial charge on any atom is -0.471 e. The third-order valence-electron chi connectivity index (χ3n) is 2.46. The SMILES string of the molecule is CC=C1Cc2ccccc2C1.COC=O. The molecule has 0 aromatic heterocycles. The second-order valence-electron chi connectivity index (χ2n) is 3.40. The van der Waals surface area contributed by atoms with E-state index in [1.54, 1.807) is 5.57 Å². The van der Waals surface area contributed by atoms with Crippen LogP contribution in [0.5, 0.6) is 0 Å². The zero-order chi connectivity index (χ0) is 11.1. The maximum absolute atomic E-state index is 8.95. The Hall–Kier alpha value is -1.57. The van der Waals surface area contributed by atoms with Crippen molar-refractivity contribution in [1.82, 2.24) is 0 Å². The fraction of sp³-hybridized carbons (Fsp3) is 0.308. The Morgan fingerprint density at radius 2 is 1.67 bits per heavy atom. The van der Waals surface area contributed by atoms with Gasteiger partial charge in [0.25, 0.3) is 6.47 Å². The maximum Gasteiger partial charge on any atom is 0.292 e. The molecule has 1 aromatic rings. The first-order valence-electron chi connectivity index (χ1n) is 4.99. The molecule has 0 N–H and O–H groups in total. The molecule has 2 rings (SSSR count). The second-order valence-corrected chi connectivity index (χ2v) is 3.40. The molecule has 0 saturated carbocycles. The van der Waals surface area contributed by atoms with Gasteiger partial charge in [0.05, 0.1) is 7.11 Å². The number of methoxy groups -OCH3 is 1. The van der Waals surface area contributed by atoms with Crippen LogP contribution in [-0.4, -0.2) is 13.6 Å². The molecule has 0 unspecified atom stereocenters. The van der Waals surface area contributed by atoms with E-state index < -0.39 is 0 Å². The molecule has 15 heavy (non-hydrogen) atoms. The molecule has 80 valence electrons. The Bertz CT molecular complexity index is 326. The predicted molar refractivity (Wildman–Crippen MR) is 60.7 cm³/mol. The molecule has 0 atom stereocenters. The van der Waals surface area contributed by atoms with Gasteiger partial charge in [-0.05, 0) is 30.9 Å². The largest absolute Gasteiger partial charge is 0.471 e. The minimum absolute atomic E-state index is 0.375. The fourth-order valence-corrected chi connectivity index (χ4v) is 1.66. The van der Waals surface area contributed by atoms with Gasteiger partial charge >= 0.3 is 0 Å². The lowest BCUT2D eigenvalue weighted by molar-refractivity contribution is -0.126. The summed E-state index contributed by atoms with van der Waals surface area (Å²) in [7, 11) is 1.31. The molecule has 0 heterocycles. The molecule has 1 aromatic carbocycles. The molecule has 0 fully saturated rings. The first-order chi connectivity index (χ1) is 7.31. The third kappa shape index (κ3) is 3.24. The van der Waals surface area contributed by atoms with Crippen molar-refractivity contribution < 1.29 is 9.53 Å². The lowest BCUT2D eigenvalue weighted by atomic mass is 10.1. The van der Waals surface area contributed by atoms with E-state index in [-0.39, 0.29) is 0 Å². The summed E-state index contributed by atoms with van der Waals surface area (Å²) in [6, 6.07) is 8.70. The highest BCUT2D eigenvalue weighted by molar-refractivity contribution is 5.40. The first kappa shape index (κ1) is 11.5. The summed E-state index contributed by atoms with van der Waals surface area (Å²) in [6.07, 6.45) is 4.58.